The maximum atomic E-state index is 14.0. The van der Waals surface area contributed by atoms with Crippen molar-refractivity contribution in [1.29, 1.82) is 0 Å². The monoisotopic (exact) mass is 341 g/mol. The number of nitrogens with zero attached hydrogens (tertiary/aromatic N) is 1. The van der Waals surface area contributed by atoms with Crippen LogP contribution in [0.1, 0.15) is 24.3 Å². The molecular weight excluding hydrogens is 325 g/mol. The van der Waals surface area contributed by atoms with Crippen molar-refractivity contribution in [3.8, 4) is 0 Å². The van der Waals surface area contributed by atoms with Gasteiger partial charge in [-0.3, -0.25) is 4.79 Å². The predicted molar refractivity (Wildman–Crippen MR) is 80.8 cm³/mol. The number of carbonyl (C=O) groups excluding carboxylic acids is 1. The van der Waals surface area contributed by atoms with Gasteiger partial charge < -0.3 is 14.7 Å². The zero-order valence-corrected chi connectivity index (χ0v) is 13.3. The molecule has 1 saturated carbocycles. The first kappa shape index (κ1) is 16.2. The molecular formula is C16H17ClFNO4. The van der Waals surface area contributed by atoms with Gasteiger partial charge in [0.15, 0.2) is 0 Å². The molecule has 1 aromatic carbocycles. The minimum Gasteiger partial charge on any atom is -0.480 e. The molecule has 4 atom stereocenters. The number of hydrogen-bond acceptors (Lipinski definition) is 3. The van der Waals surface area contributed by atoms with Gasteiger partial charge in [0.1, 0.15) is 11.9 Å². The van der Waals surface area contributed by atoms with E-state index in [2.05, 4.69) is 0 Å². The number of hydrogen-bond donors (Lipinski definition) is 1. The Balaban J connectivity index is 1.76. The molecule has 0 bridgehead atoms. The molecule has 1 aliphatic heterocycles. The summed E-state index contributed by atoms with van der Waals surface area (Å²) in [5, 5.41) is 9.59. The van der Waals surface area contributed by atoms with Crippen molar-refractivity contribution in [1.82, 2.24) is 4.90 Å². The molecule has 2 fully saturated rings. The fourth-order valence-electron chi connectivity index (χ4n) is 3.31. The van der Waals surface area contributed by atoms with E-state index in [1.807, 2.05) is 0 Å². The first-order valence-electron chi connectivity index (χ1n) is 7.44. The van der Waals surface area contributed by atoms with Gasteiger partial charge in [0, 0.05) is 42.5 Å². The van der Waals surface area contributed by atoms with Crippen LogP contribution in [0.4, 0.5) is 4.39 Å². The third kappa shape index (κ3) is 2.93. The maximum absolute atomic E-state index is 14.0. The second-order valence-electron chi connectivity index (χ2n) is 6.02. The highest BCUT2D eigenvalue weighted by molar-refractivity contribution is 6.31. The molecule has 4 unspecified atom stereocenters. The lowest BCUT2D eigenvalue weighted by atomic mass is 10.1. The molecule has 0 aromatic heterocycles. The third-order valence-electron chi connectivity index (χ3n) is 4.64. The van der Waals surface area contributed by atoms with Crippen molar-refractivity contribution < 1.29 is 23.8 Å². The van der Waals surface area contributed by atoms with Crippen molar-refractivity contribution in [3.63, 3.8) is 0 Å². The fraction of sp³-hybridized carbons (Fsp3) is 0.500. The van der Waals surface area contributed by atoms with Crippen LogP contribution in [0.5, 0.6) is 0 Å². The number of carboxylic acids is 1. The third-order valence-corrected chi connectivity index (χ3v) is 4.97. The van der Waals surface area contributed by atoms with Crippen LogP contribution < -0.4 is 0 Å². The smallest absolute Gasteiger partial charge is 0.326 e. The average molecular weight is 342 g/mol. The second-order valence-corrected chi connectivity index (χ2v) is 6.43. The lowest BCUT2D eigenvalue weighted by molar-refractivity contribution is -0.148. The van der Waals surface area contributed by atoms with E-state index in [4.69, 9.17) is 16.3 Å². The van der Waals surface area contributed by atoms with Gasteiger partial charge in [0.05, 0.1) is 6.10 Å². The highest BCUT2D eigenvalue weighted by atomic mass is 35.5. The normalized spacial score (nSPS) is 29.6. The highest BCUT2D eigenvalue weighted by Crippen LogP contribution is 2.51. The van der Waals surface area contributed by atoms with Gasteiger partial charge in [0.2, 0.25) is 5.91 Å². The summed E-state index contributed by atoms with van der Waals surface area (Å²) < 4.78 is 19.1. The number of likely N-dealkylation sites (tertiary alicyclic amines) is 1. The molecule has 1 saturated heterocycles. The van der Waals surface area contributed by atoms with E-state index in [0.717, 1.165) is 0 Å². The van der Waals surface area contributed by atoms with Crippen LogP contribution in [0.2, 0.25) is 5.02 Å². The summed E-state index contributed by atoms with van der Waals surface area (Å²) in [5.74, 6) is -2.43. The summed E-state index contributed by atoms with van der Waals surface area (Å²) in [6, 6.07) is 3.55. The Morgan fingerprint density at radius 2 is 2.13 bits per heavy atom. The van der Waals surface area contributed by atoms with Crippen LogP contribution in [-0.4, -0.2) is 47.7 Å². The van der Waals surface area contributed by atoms with Gasteiger partial charge in [-0.25, -0.2) is 9.18 Å². The minimum absolute atomic E-state index is 0.251. The molecule has 1 aromatic rings. The Hall–Kier alpha value is -1.66. The topological polar surface area (TPSA) is 66.8 Å². The van der Waals surface area contributed by atoms with Crippen LogP contribution in [-0.2, 0) is 14.3 Å². The Morgan fingerprint density at radius 3 is 2.74 bits per heavy atom. The van der Waals surface area contributed by atoms with E-state index >= 15 is 0 Å². The summed E-state index contributed by atoms with van der Waals surface area (Å²) in [5.41, 5.74) is 0.349. The van der Waals surface area contributed by atoms with Crippen LogP contribution in [0.3, 0.4) is 0 Å². The predicted octanol–water partition coefficient (Wildman–Crippen LogP) is 2.28. The Kier molecular flexibility index (Phi) is 4.29. The molecule has 1 amide bonds. The zero-order valence-electron chi connectivity index (χ0n) is 12.5. The van der Waals surface area contributed by atoms with Gasteiger partial charge in [0.25, 0.3) is 0 Å². The molecule has 3 rings (SSSR count). The molecule has 1 aliphatic carbocycles. The van der Waals surface area contributed by atoms with E-state index in [9.17, 15) is 19.1 Å². The number of carbonyl (C=O) groups is 2. The molecule has 2 aliphatic rings. The Morgan fingerprint density at radius 1 is 1.39 bits per heavy atom. The van der Waals surface area contributed by atoms with E-state index < -0.39 is 23.7 Å². The highest BCUT2D eigenvalue weighted by Gasteiger charge is 2.51. The van der Waals surface area contributed by atoms with Crippen LogP contribution in [0.25, 0.3) is 0 Å². The number of amides is 1. The lowest BCUT2D eigenvalue weighted by Crippen LogP contribution is -2.41. The van der Waals surface area contributed by atoms with Gasteiger partial charge in [-0.05, 0) is 18.6 Å². The van der Waals surface area contributed by atoms with Gasteiger partial charge in [-0.15, -0.1) is 0 Å². The largest absolute Gasteiger partial charge is 0.480 e. The van der Waals surface area contributed by atoms with Crippen LogP contribution in [0, 0.1) is 11.7 Å². The molecule has 124 valence electrons. The molecule has 5 nitrogen and oxygen atoms in total. The van der Waals surface area contributed by atoms with Gasteiger partial charge >= 0.3 is 5.97 Å². The number of ether oxygens (including phenoxy) is 1. The number of rotatable bonds is 4. The molecule has 1 N–H and O–H groups in total. The van der Waals surface area contributed by atoms with Crippen molar-refractivity contribution in [2.45, 2.75) is 30.9 Å². The summed E-state index contributed by atoms with van der Waals surface area (Å²) in [6.45, 7) is 0.251. The second kappa shape index (κ2) is 6.09. The van der Waals surface area contributed by atoms with Crippen molar-refractivity contribution in [2.24, 2.45) is 5.92 Å². The molecule has 1 heterocycles. The number of halogens is 2. The van der Waals surface area contributed by atoms with E-state index in [1.54, 1.807) is 6.07 Å². The standard InChI is InChI=1S/C16H17ClFNO4/c1-23-8-5-13(16(21)22)19(7-8)15(20)10-6-9(10)14-11(17)3-2-4-12(14)18/h2-4,8-10,13H,5-7H2,1H3,(H,21,22). The molecule has 7 heteroatoms. The lowest BCUT2D eigenvalue weighted by Gasteiger charge is -2.21. The summed E-state index contributed by atoms with van der Waals surface area (Å²) in [4.78, 5) is 25.3. The average Bonchev–Trinajstić information content (AvgIpc) is 3.15. The fourth-order valence-corrected chi connectivity index (χ4v) is 3.61. The van der Waals surface area contributed by atoms with Gasteiger partial charge in [-0.2, -0.15) is 0 Å². The SMILES string of the molecule is COC1CC(C(=O)O)N(C(=O)C2CC2c2c(F)cccc2Cl)C1. The van der Waals surface area contributed by atoms with Crippen molar-refractivity contribution >= 4 is 23.5 Å². The maximum Gasteiger partial charge on any atom is 0.326 e. The van der Waals surface area contributed by atoms with Crippen LogP contribution in [0.15, 0.2) is 18.2 Å². The first-order valence-corrected chi connectivity index (χ1v) is 7.81. The van der Waals surface area contributed by atoms with Crippen molar-refractivity contribution in [2.75, 3.05) is 13.7 Å². The number of carboxylic acid groups (broad SMARTS) is 1. The molecule has 0 radical (unpaired) electrons. The number of aliphatic carboxylic acids is 1. The van der Waals surface area contributed by atoms with E-state index in [0.29, 0.717) is 17.0 Å². The molecule has 23 heavy (non-hydrogen) atoms. The van der Waals surface area contributed by atoms with Crippen molar-refractivity contribution in [3.05, 3.63) is 34.6 Å². The van der Waals surface area contributed by atoms with Gasteiger partial charge in [-0.1, -0.05) is 17.7 Å². The summed E-state index contributed by atoms with van der Waals surface area (Å²) in [7, 11) is 1.50. The summed E-state index contributed by atoms with van der Waals surface area (Å²) >= 11 is 6.04. The first-order chi connectivity index (χ1) is 10.9. The Bertz CT molecular complexity index is 633. The zero-order chi connectivity index (χ0) is 16.7. The Labute approximate surface area is 138 Å². The summed E-state index contributed by atoms with van der Waals surface area (Å²) in [6.07, 6.45) is 0.476. The van der Waals surface area contributed by atoms with E-state index in [-0.39, 0.29) is 30.9 Å². The minimum atomic E-state index is -1.04. The van der Waals surface area contributed by atoms with Crippen LogP contribution >= 0.6 is 11.6 Å². The number of methoxy groups -OCH3 is 1. The molecule has 0 spiro atoms. The van der Waals surface area contributed by atoms with E-state index in [1.165, 1.54) is 24.1 Å². The quantitative estimate of drug-likeness (QED) is 0.912. The number of benzene rings is 1.